The minimum Gasteiger partial charge on any atom is -0.492 e. The molecule has 0 fully saturated rings. The Hall–Kier alpha value is -1.03. The number of methoxy groups -OCH3 is 1. The zero-order valence-electron chi connectivity index (χ0n) is 9.62. The predicted octanol–water partition coefficient (Wildman–Crippen LogP) is 3.27. The Morgan fingerprint density at radius 2 is 2.12 bits per heavy atom. The molecule has 0 aliphatic carbocycles. The van der Waals surface area contributed by atoms with Crippen LogP contribution in [0, 0.1) is 5.92 Å². The Bertz CT molecular complexity index is 375. The summed E-state index contributed by atoms with van der Waals surface area (Å²) in [6.45, 7) is 4.67. The lowest BCUT2D eigenvalue weighted by Crippen LogP contribution is -2.09. The van der Waals surface area contributed by atoms with Crippen LogP contribution in [0.5, 0.6) is 5.75 Å². The van der Waals surface area contributed by atoms with E-state index in [1.807, 2.05) is 0 Å². The maximum absolute atomic E-state index is 11.5. The molecular weight excluding hydrogens is 272 g/mol. The summed E-state index contributed by atoms with van der Waals surface area (Å²) in [5.74, 6) is 0.575. The van der Waals surface area contributed by atoms with E-state index in [9.17, 15) is 4.79 Å². The minimum atomic E-state index is -0.383. The first-order chi connectivity index (χ1) is 7.54. The number of ether oxygens (including phenoxy) is 2. The van der Waals surface area contributed by atoms with E-state index < -0.39 is 0 Å². The van der Waals surface area contributed by atoms with Crippen molar-refractivity contribution in [3.05, 3.63) is 28.2 Å². The number of benzene rings is 1. The normalized spacial score (nSPS) is 10.3. The van der Waals surface area contributed by atoms with Crippen LogP contribution in [0.15, 0.2) is 22.7 Å². The number of hydrogen-bond acceptors (Lipinski definition) is 3. The number of halogens is 1. The Balaban J connectivity index is 2.94. The molecule has 0 N–H and O–H groups in total. The van der Waals surface area contributed by atoms with Crippen molar-refractivity contribution in [3.63, 3.8) is 0 Å². The lowest BCUT2D eigenvalue weighted by Gasteiger charge is -2.12. The molecule has 0 bridgehead atoms. The van der Waals surface area contributed by atoms with Crippen LogP contribution in [0.4, 0.5) is 0 Å². The molecule has 88 valence electrons. The van der Waals surface area contributed by atoms with Crippen LogP contribution in [0.3, 0.4) is 0 Å². The Labute approximate surface area is 104 Å². The Morgan fingerprint density at radius 1 is 1.44 bits per heavy atom. The molecule has 0 aliphatic heterocycles. The summed E-state index contributed by atoms with van der Waals surface area (Å²) in [5, 5.41) is 0. The van der Waals surface area contributed by atoms with Gasteiger partial charge in [-0.3, -0.25) is 0 Å². The number of rotatable bonds is 4. The summed E-state index contributed by atoms with van der Waals surface area (Å²) < 4.78 is 11.1. The smallest absolute Gasteiger partial charge is 0.341 e. The number of carbonyl (C=O) groups excluding carboxylic acids is 1. The third kappa shape index (κ3) is 3.52. The largest absolute Gasteiger partial charge is 0.492 e. The maximum atomic E-state index is 11.5. The standard InChI is InChI=1S/C12H15BrO3/c1-8(2)7-16-11-6-9(13)4-5-10(11)12(14)15-3/h4-6,8H,7H2,1-3H3. The highest BCUT2D eigenvalue weighted by Crippen LogP contribution is 2.24. The second-order valence-corrected chi connectivity index (χ2v) is 4.75. The van der Waals surface area contributed by atoms with Gasteiger partial charge in [0.25, 0.3) is 0 Å². The van der Waals surface area contributed by atoms with E-state index in [2.05, 4.69) is 34.5 Å². The number of carbonyl (C=O) groups is 1. The van der Waals surface area contributed by atoms with Crippen molar-refractivity contribution in [2.75, 3.05) is 13.7 Å². The van der Waals surface area contributed by atoms with Crippen LogP contribution in [0.2, 0.25) is 0 Å². The lowest BCUT2D eigenvalue weighted by atomic mass is 10.2. The van der Waals surface area contributed by atoms with Gasteiger partial charge in [0.1, 0.15) is 11.3 Å². The summed E-state index contributed by atoms with van der Waals surface area (Å²) in [5.41, 5.74) is 0.450. The molecule has 0 aliphatic rings. The van der Waals surface area contributed by atoms with Crippen LogP contribution in [0.25, 0.3) is 0 Å². The summed E-state index contributed by atoms with van der Waals surface area (Å²) >= 11 is 3.34. The van der Waals surface area contributed by atoms with Gasteiger partial charge in [-0.05, 0) is 24.1 Å². The van der Waals surface area contributed by atoms with E-state index in [1.54, 1.807) is 18.2 Å². The van der Waals surface area contributed by atoms with Gasteiger partial charge in [0, 0.05) is 4.47 Å². The molecule has 0 heterocycles. The van der Waals surface area contributed by atoms with E-state index in [1.165, 1.54) is 7.11 Å². The summed E-state index contributed by atoms with van der Waals surface area (Å²) in [7, 11) is 1.36. The SMILES string of the molecule is COC(=O)c1ccc(Br)cc1OCC(C)C. The van der Waals surface area contributed by atoms with E-state index >= 15 is 0 Å². The quantitative estimate of drug-likeness (QED) is 0.797. The average Bonchev–Trinajstić information content (AvgIpc) is 2.25. The first-order valence-electron chi connectivity index (χ1n) is 5.05. The first kappa shape index (κ1) is 13.0. The third-order valence-corrected chi connectivity index (χ3v) is 2.41. The van der Waals surface area contributed by atoms with Crippen LogP contribution >= 0.6 is 15.9 Å². The maximum Gasteiger partial charge on any atom is 0.341 e. The zero-order chi connectivity index (χ0) is 12.1. The monoisotopic (exact) mass is 286 g/mol. The number of esters is 1. The van der Waals surface area contributed by atoms with Gasteiger partial charge in [-0.15, -0.1) is 0 Å². The van der Waals surface area contributed by atoms with Gasteiger partial charge in [-0.1, -0.05) is 29.8 Å². The Morgan fingerprint density at radius 3 is 2.69 bits per heavy atom. The van der Waals surface area contributed by atoms with Crippen molar-refractivity contribution < 1.29 is 14.3 Å². The molecule has 1 aromatic carbocycles. The summed E-state index contributed by atoms with van der Waals surface area (Å²) in [6.07, 6.45) is 0. The fourth-order valence-corrected chi connectivity index (χ4v) is 1.49. The highest BCUT2D eigenvalue weighted by molar-refractivity contribution is 9.10. The molecule has 1 aromatic rings. The molecular formula is C12H15BrO3. The molecule has 0 saturated heterocycles. The van der Waals surface area contributed by atoms with E-state index in [0.717, 1.165) is 4.47 Å². The third-order valence-electron chi connectivity index (χ3n) is 1.92. The van der Waals surface area contributed by atoms with Crippen molar-refractivity contribution in [3.8, 4) is 5.75 Å². The van der Waals surface area contributed by atoms with Crippen LogP contribution in [-0.4, -0.2) is 19.7 Å². The molecule has 1 rings (SSSR count). The second kappa shape index (κ2) is 5.89. The molecule has 16 heavy (non-hydrogen) atoms. The molecule has 0 atom stereocenters. The van der Waals surface area contributed by atoms with Crippen molar-refractivity contribution in [2.45, 2.75) is 13.8 Å². The van der Waals surface area contributed by atoms with E-state index in [4.69, 9.17) is 4.74 Å². The molecule has 4 heteroatoms. The van der Waals surface area contributed by atoms with Crippen molar-refractivity contribution in [2.24, 2.45) is 5.92 Å². The molecule has 3 nitrogen and oxygen atoms in total. The highest BCUT2D eigenvalue weighted by atomic mass is 79.9. The second-order valence-electron chi connectivity index (χ2n) is 3.84. The molecule has 0 spiro atoms. The lowest BCUT2D eigenvalue weighted by molar-refractivity contribution is 0.0595. The minimum absolute atomic E-state index is 0.383. The molecule has 0 radical (unpaired) electrons. The predicted molar refractivity (Wildman–Crippen MR) is 65.8 cm³/mol. The van der Waals surface area contributed by atoms with Gasteiger partial charge in [0.2, 0.25) is 0 Å². The Kier molecular flexibility index (Phi) is 4.80. The van der Waals surface area contributed by atoms with Crippen molar-refractivity contribution in [1.82, 2.24) is 0 Å². The number of hydrogen-bond donors (Lipinski definition) is 0. The van der Waals surface area contributed by atoms with Gasteiger partial charge < -0.3 is 9.47 Å². The van der Waals surface area contributed by atoms with Gasteiger partial charge in [0.15, 0.2) is 0 Å². The molecule has 0 unspecified atom stereocenters. The first-order valence-corrected chi connectivity index (χ1v) is 5.84. The van der Waals surface area contributed by atoms with Crippen molar-refractivity contribution >= 4 is 21.9 Å². The zero-order valence-corrected chi connectivity index (χ0v) is 11.2. The summed E-state index contributed by atoms with van der Waals surface area (Å²) in [4.78, 5) is 11.5. The van der Waals surface area contributed by atoms with Crippen LogP contribution in [0.1, 0.15) is 24.2 Å². The molecule has 0 saturated carbocycles. The van der Waals surface area contributed by atoms with Gasteiger partial charge in [-0.25, -0.2) is 4.79 Å². The highest BCUT2D eigenvalue weighted by Gasteiger charge is 2.13. The van der Waals surface area contributed by atoms with Crippen LogP contribution < -0.4 is 4.74 Å². The van der Waals surface area contributed by atoms with Crippen molar-refractivity contribution in [1.29, 1.82) is 0 Å². The fraction of sp³-hybridized carbons (Fsp3) is 0.417. The fourth-order valence-electron chi connectivity index (χ4n) is 1.15. The summed E-state index contributed by atoms with van der Waals surface area (Å²) in [6, 6.07) is 5.24. The van der Waals surface area contributed by atoms with Gasteiger partial charge >= 0.3 is 5.97 Å². The molecule has 0 amide bonds. The van der Waals surface area contributed by atoms with E-state index in [0.29, 0.717) is 23.8 Å². The van der Waals surface area contributed by atoms with Gasteiger partial charge in [-0.2, -0.15) is 0 Å². The topological polar surface area (TPSA) is 35.5 Å². The van der Waals surface area contributed by atoms with Gasteiger partial charge in [0.05, 0.1) is 13.7 Å². The van der Waals surface area contributed by atoms with E-state index in [-0.39, 0.29) is 5.97 Å². The molecule has 0 aromatic heterocycles. The average molecular weight is 287 g/mol. The van der Waals surface area contributed by atoms with Crippen LogP contribution in [-0.2, 0) is 4.74 Å².